The van der Waals surface area contributed by atoms with Gasteiger partial charge in [-0.25, -0.2) is 15.0 Å². The summed E-state index contributed by atoms with van der Waals surface area (Å²) in [4.78, 5) is 15.2. The number of ether oxygens (including phenoxy) is 1. The number of nitrogens with one attached hydrogen (secondary N) is 1. The van der Waals surface area contributed by atoms with Gasteiger partial charge in [0.05, 0.1) is 24.2 Å². The van der Waals surface area contributed by atoms with E-state index < -0.39 is 0 Å². The van der Waals surface area contributed by atoms with Gasteiger partial charge < -0.3 is 10.1 Å². The molecular formula is C23H24N6O. The predicted octanol–water partition coefficient (Wildman–Crippen LogP) is 3.23. The van der Waals surface area contributed by atoms with E-state index in [-0.39, 0.29) is 0 Å². The third-order valence-corrected chi connectivity index (χ3v) is 5.45. The van der Waals surface area contributed by atoms with Gasteiger partial charge in [-0.3, -0.25) is 9.47 Å². The topological polar surface area (TPSA) is 68.1 Å². The second-order valence-electron chi connectivity index (χ2n) is 7.37. The third kappa shape index (κ3) is 4.03. The quantitative estimate of drug-likeness (QED) is 0.536. The third-order valence-electron chi connectivity index (χ3n) is 5.45. The molecule has 1 aliphatic heterocycles. The van der Waals surface area contributed by atoms with E-state index in [0.717, 1.165) is 72.9 Å². The molecule has 0 amide bonds. The normalized spacial score (nSPS) is 14.8. The fourth-order valence-corrected chi connectivity index (χ4v) is 3.76. The zero-order chi connectivity index (χ0) is 20.2. The molecular weight excluding hydrogens is 376 g/mol. The fraction of sp³-hybridized carbons (Fsp3) is 0.261. The summed E-state index contributed by atoms with van der Waals surface area (Å²) in [5, 5.41) is 3.51. The van der Waals surface area contributed by atoms with Gasteiger partial charge in [0.25, 0.3) is 0 Å². The van der Waals surface area contributed by atoms with E-state index in [2.05, 4.69) is 66.1 Å². The van der Waals surface area contributed by atoms with Crippen molar-refractivity contribution in [2.24, 2.45) is 0 Å². The van der Waals surface area contributed by atoms with Gasteiger partial charge in [0.2, 0.25) is 0 Å². The van der Waals surface area contributed by atoms with Gasteiger partial charge in [-0.05, 0) is 42.0 Å². The van der Waals surface area contributed by atoms with E-state index in [1.54, 1.807) is 6.33 Å². The van der Waals surface area contributed by atoms with Gasteiger partial charge in [-0.15, -0.1) is 0 Å². The molecule has 30 heavy (non-hydrogen) atoms. The van der Waals surface area contributed by atoms with Crippen molar-refractivity contribution in [2.75, 3.05) is 44.7 Å². The van der Waals surface area contributed by atoms with Crippen LogP contribution in [0.25, 0.3) is 27.8 Å². The Balaban J connectivity index is 1.31. The van der Waals surface area contributed by atoms with E-state index in [0.29, 0.717) is 0 Å². The maximum Gasteiger partial charge on any atom is 0.115 e. The van der Waals surface area contributed by atoms with Crippen LogP contribution in [0.4, 0.5) is 5.69 Å². The van der Waals surface area contributed by atoms with Crippen LogP contribution in [0.1, 0.15) is 0 Å². The molecule has 0 unspecified atom stereocenters. The van der Waals surface area contributed by atoms with E-state index >= 15 is 0 Å². The number of anilines is 1. The first-order chi connectivity index (χ1) is 14.9. The monoisotopic (exact) mass is 400 g/mol. The number of imidazole rings is 1. The van der Waals surface area contributed by atoms with Crippen molar-refractivity contribution in [1.29, 1.82) is 0 Å². The van der Waals surface area contributed by atoms with Crippen LogP contribution in [0.5, 0.6) is 0 Å². The number of aromatic nitrogens is 4. The Morgan fingerprint density at radius 2 is 1.73 bits per heavy atom. The molecule has 0 atom stereocenters. The largest absolute Gasteiger partial charge is 0.384 e. The van der Waals surface area contributed by atoms with Crippen LogP contribution in [0.15, 0.2) is 67.5 Å². The first-order valence-electron chi connectivity index (χ1n) is 10.2. The highest BCUT2D eigenvalue weighted by Crippen LogP contribution is 2.25. The highest BCUT2D eigenvalue weighted by molar-refractivity contribution is 5.83. The van der Waals surface area contributed by atoms with E-state index in [9.17, 15) is 0 Å². The average Bonchev–Trinajstić information content (AvgIpc) is 3.24. The molecule has 0 radical (unpaired) electrons. The second-order valence-corrected chi connectivity index (χ2v) is 7.37. The van der Waals surface area contributed by atoms with Crippen LogP contribution in [0, 0.1) is 0 Å². The van der Waals surface area contributed by atoms with Crippen molar-refractivity contribution in [2.45, 2.75) is 0 Å². The van der Waals surface area contributed by atoms with Crippen LogP contribution < -0.4 is 5.32 Å². The minimum Gasteiger partial charge on any atom is -0.384 e. The Bertz CT molecular complexity index is 1100. The van der Waals surface area contributed by atoms with Crippen molar-refractivity contribution < 1.29 is 4.74 Å². The van der Waals surface area contributed by atoms with Gasteiger partial charge in [0.15, 0.2) is 0 Å². The molecule has 1 fully saturated rings. The molecule has 7 nitrogen and oxygen atoms in total. The van der Waals surface area contributed by atoms with Crippen LogP contribution >= 0.6 is 0 Å². The lowest BCUT2D eigenvalue weighted by Crippen LogP contribution is -2.38. The fourth-order valence-electron chi connectivity index (χ4n) is 3.76. The number of morpholine rings is 1. The lowest BCUT2D eigenvalue weighted by atomic mass is 10.1. The maximum absolute atomic E-state index is 5.40. The molecule has 0 spiro atoms. The van der Waals surface area contributed by atoms with E-state index in [1.807, 2.05) is 24.8 Å². The second kappa shape index (κ2) is 8.61. The van der Waals surface area contributed by atoms with Crippen LogP contribution in [-0.4, -0.2) is 63.8 Å². The number of hydrogen-bond donors (Lipinski definition) is 1. The number of hydrogen-bond acceptors (Lipinski definition) is 6. The van der Waals surface area contributed by atoms with Crippen LogP contribution in [0.3, 0.4) is 0 Å². The van der Waals surface area contributed by atoms with Gasteiger partial charge in [0, 0.05) is 55.5 Å². The Hall–Kier alpha value is -3.29. The molecule has 4 aromatic rings. The molecule has 1 aliphatic rings. The summed E-state index contributed by atoms with van der Waals surface area (Å²) in [7, 11) is 0. The Kier molecular flexibility index (Phi) is 5.37. The van der Waals surface area contributed by atoms with Crippen LogP contribution in [0.2, 0.25) is 0 Å². The van der Waals surface area contributed by atoms with E-state index in [1.165, 1.54) is 0 Å². The smallest absolute Gasteiger partial charge is 0.115 e. The molecule has 5 rings (SSSR count). The molecule has 2 aromatic heterocycles. The summed E-state index contributed by atoms with van der Waals surface area (Å²) in [6.07, 6.45) is 7.07. The highest BCUT2D eigenvalue weighted by Gasteiger charge is 2.10. The van der Waals surface area contributed by atoms with Gasteiger partial charge in [-0.2, -0.15) is 0 Å². The summed E-state index contributed by atoms with van der Waals surface area (Å²) in [5.41, 5.74) is 6.29. The van der Waals surface area contributed by atoms with Gasteiger partial charge in [-0.1, -0.05) is 6.07 Å². The molecule has 7 heteroatoms. The maximum atomic E-state index is 5.40. The van der Waals surface area contributed by atoms with Crippen molar-refractivity contribution in [3.63, 3.8) is 0 Å². The predicted molar refractivity (Wildman–Crippen MR) is 118 cm³/mol. The van der Waals surface area contributed by atoms with E-state index in [4.69, 9.17) is 4.74 Å². The SMILES string of the molecule is c1ncc(-c2ccc3ncn(-c4ccc(NCCN5CCOCC5)cc4)c3c2)cn1. The van der Waals surface area contributed by atoms with Crippen molar-refractivity contribution in [1.82, 2.24) is 24.4 Å². The average molecular weight is 400 g/mol. The summed E-state index contributed by atoms with van der Waals surface area (Å²) < 4.78 is 7.51. The number of fused-ring (bicyclic) bond motifs is 1. The van der Waals surface area contributed by atoms with Crippen LogP contribution in [-0.2, 0) is 4.74 Å². The molecule has 2 aromatic carbocycles. The Morgan fingerprint density at radius 3 is 2.53 bits per heavy atom. The lowest BCUT2D eigenvalue weighted by molar-refractivity contribution is 0.0398. The van der Waals surface area contributed by atoms with Crippen molar-refractivity contribution in [3.8, 4) is 16.8 Å². The number of nitrogens with zero attached hydrogens (tertiary/aromatic N) is 5. The molecule has 1 saturated heterocycles. The minimum absolute atomic E-state index is 0.840. The Labute approximate surface area is 175 Å². The summed E-state index contributed by atoms with van der Waals surface area (Å²) in [5.74, 6) is 0. The molecule has 0 aliphatic carbocycles. The van der Waals surface area contributed by atoms with Gasteiger partial charge in [0.1, 0.15) is 12.7 Å². The first-order valence-corrected chi connectivity index (χ1v) is 10.2. The Morgan fingerprint density at radius 1 is 0.933 bits per heavy atom. The zero-order valence-electron chi connectivity index (χ0n) is 16.7. The van der Waals surface area contributed by atoms with Crippen molar-refractivity contribution in [3.05, 3.63) is 67.5 Å². The molecule has 0 bridgehead atoms. The minimum atomic E-state index is 0.840. The lowest BCUT2D eigenvalue weighted by Gasteiger charge is -2.26. The molecule has 1 N–H and O–H groups in total. The summed E-state index contributed by atoms with van der Waals surface area (Å²) in [6, 6.07) is 14.7. The molecule has 3 heterocycles. The number of benzene rings is 2. The summed E-state index contributed by atoms with van der Waals surface area (Å²) in [6.45, 7) is 5.68. The summed E-state index contributed by atoms with van der Waals surface area (Å²) >= 11 is 0. The molecule has 152 valence electrons. The standard InChI is InChI=1S/C23H24N6O/c1-6-22-23(13-18(1)19-14-24-16-25-15-19)29(17-27-22)21-4-2-20(3-5-21)26-7-8-28-9-11-30-12-10-28/h1-6,13-17,26H,7-12H2. The highest BCUT2D eigenvalue weighted by atomic mass is 16.5. The van der Waals surface area contributed by atoms with Crippen molar-refractivity contribution >= 4 is 16.7 Å². The first kappa shape index (κ1) is 18.7. The number of rotatable bonds is 6. The van der Waals surface area contributed by atoms with Gasteiger partial charge >= 0.3 is 0 Å². The molecule has 0 saturated carbocycles. The zero-order valence-corrected chi connectivity index (χ0v) is 16.7.